The van der Waals surface area contributed by atoms with Crippen molar-refractivity contribution in [3.63, 3.8) is 0 Å². The molecule has 0 bridgehead atoms. The van der Waals surface area contributed by atoms with E-state index >= 15 is 0 Å². The van der Waals surface area contributed by atoms with E-state index < -0.39 is 5.97 Å². The Hall–Kier alpha value is -2.82. The SMILES string of the molecule is CC(C)Oc1ccc(C(=O)OCC(=O)N[C@@H](C)c2ccccc2)cc1. The van der Waals surface area contributed by atoms with E-state index in [1.807, 2.05) is 51.1 Å². The predicted molar refractivity (Wildman–Crippen MR) is 95.5 cm³/mol. The van der Waals surface area contributed by atoms with Crippen molar-refractivity contribution in [2.45, 2.75) is 32.9 Å². The molecule has 2 aromatic rings. The fraction of sp³-hybridized carbons (Fsp3) is 0.300. The van der Waals surface area contributed by atoms with Gasteiger partial charge in [-0.05, 0) is 50.6 Å². The number of hydrogen-bond acceptors (Lipinski definition) is 4. The van der Waals surface area contributed by atoms with Gasteiger partial charge in [0.05, 0.1) is 17.7 Å². The van der Waals surface area contributed by atoms with Crippen LogP contribution in [0, 0.1) is 0 Å². The van der Waals surface area contributed by atoms with Gasteiger partial charge in [-0.15, -0.1) is 0 Å². The van der Waals surface area contributed by atoms with E-state index in [2.05, 4.69) is 5.32 Å². The quantitative estimate of drug-likeness (QED) is 0.783. The topological polar surface area (TPSA) is 64.6 Å². The van der Waals surface area contributed by atoms with E-state index in [9.17, 15) is 9.59 Å². The van der Waals surface area contributed by atoms with E-state index in [4.69, 9.17) is 9.47 Å². The molecule has 0 saturated carbocycles. The molecule has 2 aromatic carbocycles. The van der Waals surface area contributed by atoms with Crippen LogP contribution in [0.2, 0.25) is 0 Å². The largest absolute Gasteiger partial charge is 0.491 e. The molecule has 0 unspecified atom stereocenters. The zero-order chi connectivity index (χ0) is 18.2. The van der Waals surface area contributed by atoms with Gasteiger partial charge in [0.2, 0.25) is 0 Å². The molecule has 2 rings (SSSR count). The summed E-state index contributed by atoms with van der Waals surface area (Å²) in [5, 5.41) is 2.80. The monoisotopic (exact) mass is 341 g/mol. The van der Waals surface area contributed by atoms with Crippen LogP contribution in [0.4, 0.5) is 0 Å². The third-order valence-corrected chi connectivity index (χ3v) is 3.47. The molecule has 5 nitrogen and oxygen atoms in total. The average molecular weight is 341 g/mol. The molecule has 0 aromatic heterocycles. The number of ether oxygens (including phenoxy) is 2. The molecule has 1 amide bonds. The van der Waals surface area contributed by atoms with Gasteiger partial charge in [-0.3, -0.25) is 4.79 Å². The number of hydrogen-bond donors (Lipinski definition) is 1. The number of esters is 1. The van der Waals surface area contributed by atoms with Crippen LogP contribution in [0.3, 0.4) is 0 Å². The molecular formula is C20H23NO4. The average Bonchev–Trinajstić information content (AvgIpc) is 2.60. The lowest BCUT2D eigenvalue weighted by Gasteiger charge is -2.14. The normalized spacial score (nSPS) is 11.7. The Bertz CT molecular complexity index is 695. The van der Waals surface area contributed by atoms with Crippen LogP contribution >= 0.6 is 0 Å². The molecular weight excluding hydrogens is 318 g/mol. The minimum Gasteiger partial charge on any atom is -0.491 e. The fourth-order valence-corrected chi connectivity index (χ4v) is 2.26. The van der Waals surface area contributed by atoms with E-state index in [1.165, 1.54) is 0 Å². The van der Waals surface area contributed by atoms with Crippen LogP contribution in [0.5, 0.6) is 5.75 Å². The molecule has 0 aliphatic carbocycles. The van der Waals surface area contributed by atoms with Gasteiger partial charge < -0.3 is 14.8 Å². The summed E-state index contributed by atoms with van der Waals surface area (Å²) >= 11 is 0. The first-order valence-corrected chi connectivity index (χ1v) is 8.24. The number of carbonyl (C=O) groups is 2. The van der Waals surface area contributed by atoms with Crippen LogP contribution in [0.15, 0.2) is 54.6 Å². The molecule has 5 heteroatoms. The van der Waals surface area contributed by atoms with Crippen molar-refractivity contribution in [3.05, 3.63) is 65.7 Å². The second-order valence-electron chi connectivity index (χ2n) is 5.97. The van der Waals surface area contributed by atoms with Gasteiger partial charge in [0.15, 0.2) is 6.61 Å². The minimum absolute atomic E-state index is 0.0631. The van der Waals surface area contributed by atoms with E-state index in [-0.39, 0.29) is 24.7 Å². The highest BCUT2D eigenvalue weighted by Crippen LogP contribution is 2.15. The lowest BCUT2D eigenvalue weighted by atomic mass is 10.1. The number of benzene rings is 2. The second-order valence-corrected chi connectivity index (χ2v) is 5.97. The minimum atomic E-state index is -0.543. The standard InChI is InChI=1S/C20H23NO4/c1-14(2)25-18-11-9-17(10-12-18)20(23)24-13-19(22)21-15(3)16-7-5-4-6-8-16/h4-12,14-15H,13H2,1-3H3,(H,21,22)/t15-/m0/s1. The zero-order valence-electron chi connectivity index (χ0n) is 14.7. The Balaban J connectivity index is 1.82. The summed E-state index contributed by atoms with van der Waals surface area (Å²) in [6, 6.07) is 16.1. The van der Waals surface area contributed by atoms with Crippen molar-refractivity contribution >= 4 is 11.9 Å². The Morgan fingerprint density at radius 1 is 0.960 bits per heavy atom. The summed E-state index contributed by atoms with van der Waals surface area (Å²) in [5.41, 5.74) is 1.36. The summed E-state index contributed by atoms with van der Waals surface area (Å²) in [6.07, 6.45) is 0.0631. The molecule has 0 heterocycles. The van der Waals surface area contributed by atoms with Crippen molar-refractivity contribution in [3.8, 4) is 5.75 Å². The number of rotatable bonds is 7. The lowest BCUT2D eigenvalue weighted by molar-refractivity contribution is -0.124. The first-order chi connectivity index (χ1) is 12.0. The van der Waals surface area contributed by atoms with Gasteiger partial charge in [-0.25, -0.2) is 4.79 Å². The Morgan fingerprint density at radius 3 is 2.20 bits per heavy atom. The van der Waals surface area contributed by atoms with Crippen molar-refractivity contribution < 1.29 is 19.1 Å². The summed E-state index contributed by atoms with van der Waals surface area (Å²) in [4.78, 5) is 23.9. The molecule has 0 aliphatic rings. The fourth-order valence-electron chi connectivity index (χ4n) is 2.26. The van der Waals surface area contributed by atoms with Crippen LogP contribution in [-0.4, -0.2) is 24.6 Å². The molecule has 0 saturated heterocycles. The van der Waals surface area contributed by atoms with E-state index in [0.29, 0.717) is 11.3 Å². The van der Waals surface area contributed by atoms with Gasteiger partial charge in [-0.1, -0.05) is 30.3 Å². The maximum atomic E-state index is 12.0. The maximum Gasteiger partial charge on any atom is 0.338 e. The highest BCUT2D eigenvalue weighted by molar-refractivity contribution is 5.91. The van der Waals surface area contributed by atoms with Gasteiger partial charge in [0.25, 0.3) is 5.91 Å². The molecule has 1 N–H and O–H groups in total. The Labute approximate surface area is 148 Å². The Morgan fingerprint density at radius 2 is 1.60 bits per heavy atom. The zero-order valence-corrected chi connectivity index (χ0v) is 14.7. The van der Waals surface area contributed by atoms with Crippen molar-refractivity contribution in [2.75, 3.05) is 6.61 Å². The molecule has 132 valence electrons. The summed E-state index contributed by atoms with van der Waals surface area (Å²) in [5.74, 6) is -0.205. The molecule has 1 atom stereocenters. The van der Waals surface area contributed by atoms with Crippen LogP contribution in [0.1, 0.15) is 42.7 Å². The van der Waals surface area contributed by atoms with Gasteiger partial charge >= 0.3 is 5.97 Å². The third kappa shape index (κ3) is 5.95. The highest BCUT2D eigenvalue weighted by atomic mass is 16.5. The first-order valence-electron chi connectivity index (χ1n) is 8.24. The van der Waals surface area contributed by atoms with Gasteiger partial charge in [-0.2, -0.15) is 0 Å². The molecule has 25 heavy (non-hydrogen) atoms. The third-order valence-electron chi connectivity index (χ3n) is 3.47. The first kappa shape index (κ1) is 18.5. The predicted octanol–water partition coefficient (Wildman–Crippen LogP) is 3.51. The molecule has 0 radical (unpaired) electrons. The number of carbonyl (C=O) groups excluding carboxylic acids is 2. The Kier molecular flexibility index (Phi) is 6.57. The summed E-state index contributed by atoms with van der Waals surface area (Å²) < 4.78 is 10.6. The number of amides is 1. The van der Waals surface area contributed by atoms with E-state index in [0.717, 1.165) is 5.56 Å². The van der Waals surface area contributed by atoms with Crippen LogP contribution in [-0.2, 0) is 9.53 Å². The van der Waals surface area contributed by atoms with Crippen LogP contribution < -0.4 is 10.1 Å². The second kappa shape index (κ2) is 8.87. The smallest absolute Gasteiger partial charge is 0.338 e. The van der Waals surface area contributed by atoms with Crippen molar-refractivity contribution in [1.29, 1.82) is 0 Å². The highest BCUT2D eigenvalue weighted by Gasteiger charge is 2.13. The van der Waals surface area contributed by atoms with Gasteiger partial charge in [0, 0.05) is 0 Å². The summed E-state index contributed by atoms with van der Waals surface area (Å²) in [7, 11) is 0. The van der Waals surface area contributed by atoms with Crippen molar-refractivity contribution in [2.24, 2.45) is 0 Å². The molecule has 0 spiro atoms. The maximum absolute atomic E-state index is 12.0. The van der Waals surface area contributed by atoms with E-state index in [1.54, 1.807) is 24.3 Å². The molecule has 0 fully saturated rings. The lowest BCUT2D eigenvalue weighted by Crippen LogP contribution is -2.31. The number of nitrogens with one attached hydrogen (secondary N) is 1. The van der Waals surface area contributed by atoms with Crippen molar-refractivity contribution in [1.82, 2.24) is 5.32 Å². The van der Waals surface area contributed by atoms with Gasteiger partial charge in [0.1, 0.15) is 5.75 Å². The van der Waals surface area contributed by atoms with Crippen LogP contribution in [0.25, 0.3) is 0 Å². The molecule has 0 aliphatic heterocycles. The summed E-state index contributed by atoms with van der Waals surface area (Å²) in [6.45, 7) is 5.41.